The van der Waals surface area contributed by atoms with E-state index < -0.39 is 0 Å². The van der Waals surface area contributed by atoms with Crippen molar-refractivity contribution in [2.75, 3.05) is 20.1 Å². The van der Waals surface area contributed by atoms with Crippen molar-refractivity contribution in [2.24, 2.45) is 0 Å². The third-order valence-electron chi connectivity index (χ3n) is 2.59. The highest BCUT2D eigenvalue weighted by atomic mass is 15.1. The van der Waals surface area contributed by atoms with Crippen LogP contribution in [0.3, 0.4) is 0 Å². The van der Waals surface area contributed by atoms with Crippen LogP contribution in [0.1, 0.15) is 53.9 Å². The Kier molecular flexibility index (Phi) is 15.6. The van der Waals surface area contributed by atoms with Gasteiger partial charge in [0.05, 0.1) is 0 Å². The normalized spacial score (nSPS) is 16.9. The van der Waals surface area contributed by atoms with Crippen molar-refractivity contribution in [3.63, 3.8) is 0 Å². The molecule has 108 valence electrons. The van der Waals surface area contributed by atoms with Crippen LogP contribution in [-0.4, -0.2) is 31.1 Å². The van der Waals surface area contributed by atoms with E-state index in [1.807, 2.05) is 19.9 Å². The van der Waals surface area contributed by atoms with E-state index in [0.717, 1.165) is 0 Å². The molecule has 0 atom stereocenters. The van der Waals surface area contributed by atoms with Crippen LogP contribution in [0.2, 0.25) is 0 Å². The van der Waals surface area contributed by atoms with Crippen molar-refractivity contribution in [1.29, 1.82) is 0 Å². The summed E-state index contributed by atoms with van der Waals surface area (Å²) in [6, 6.07) is 0.658. The van der Waals surface area contributed by atoms with Gasteiger partial charge in [0.25, 0.3) is 0 Å². The molecule has 0 saturated carbocycles. The topological polar surface area (TPSA) is 15.3 Å². The minimum atomic E-state index is 0.658. The van der Waals surface area contributed by atoms with Gasteiger partial charge < -0.3 is 10.2 Å². The smallest absolute Gasteiger partial charge is 0.0280 e. The summed E-state index contributed by atoms with van der Waals surface area (Å²) in [6.45, 7) is 16.4. The van der Waals surface area contributed by atoms with Crippen LogP contribution < -0.4 is 5.32 Å². The summed E-state index contributed by atoms with van der Waals surface area (Å²) in [6.07, 6.45) is 7.69. The predicted molar refractivity (Wildman–Crippen MR) is 84.9 cm³/mol. The Balaban J connectivity index is 0. The van der Waals surface area contributed by atoms with Crippen LogP contribution in [0.4, 0.5) is 0 Å². The third-order valence-corrected chi connectivity index (χ3v) is 2.59. The summed E-state index contributed by atoms with van der Waals surface area (Å²) < 4.78 is 0. The van der Waals surface area contributed by atoms with E-state index in [1.165, 1.54) is 37.9 Å². The highest BCUT2D eigenvalue weighted by Gasteiger charge is 2.14. The number of hydrogen-bond donors (Lipinski definition) is 1. The van der Waals surface area contributed by atoms with Gasteiger partial charge in [-0.2, -0.15) is 0 Å². The maximum Gasteiger partial charge on any atom is 0.0280 e. The highest BCUT2D eigenvalue weighted by molar-refractivity contribution is 5.11. The second-order valence-corrected chi connectivity index (χ2v) is 4.54. The number of nitrogens with zero attached hydrogens (tertiary/aromatic N) is 1. The van der Waals surface area contributed by atoms with E-state index >= 15 is 0 Å². The van der Waals surface area contributed by atoms with Crippen molar-refractivity contribution in [3.8, 4) is 0 Å². The van der Waals surface area contributed by atoms with Gasteiger partial charge in [0, 0.05) is 6.04 Å². The molecule has 0 aromatic heterocycles. The number of nitrogens with one attached hydrogen (secondary N) is 1. The van der Waals surface area contributed by atoms with Crippen molar-refractivity contribution in [2.45, 2.75) is 59.9 Å². The van der Waals surface area contributed by atoms with E-state index in [0.29, 0.717) is 6.04 Å². The molecule has 1 rings (SSSR count). The molecule has 1 saturated heterocycles. The van der Waals surface area contributed by atoms with Gasteiger partial charge in [-0.15, -0.1) is 0 Å². The van der Waals surface area contributed by atoms with Crippen LogP contribution in [0.15, 0.2) is 24.4 Å². The van der Waals surface area contributed by atoms with Crippen LogP contribution in [0.25, 0.3) is 0 Å². The zero-order valence-electron chi connectivity index (χ0n) is 13.4. The Morgan fingerprint density at radius 3 is 2.11 bits per heavy atom. The molecule has 2 heteroatoms. The van der Waals surface area contributed by atoms with Crippen LogP contribution in [-0.2, 0) is 0 Å². The monoisotopic (exact) mass is 254 g/mol. The van der Waals surface area contributed by atoms with Crippen molar-refractivity contribution < 1.29 is 0 Å². The van der Waals surface area contributed by atoms with Gasteiger partial charge in [0.1, 0.15) is 0 Å². The van der Waals surface area contributed by atoms with E-state index in [-0.39, 0.29) is 0 Å². The molecule has 1 aliphatic rings. The van der Waals surface area contributed by atoms with Gasteiger partial charge in [-0.1, -0.05) is 46.8 Å². The minimum Gasteiger partial charge on any atom is -0.388 e. The Bertz CT molecular complexity index is 201. The molecule has 0 aromatic carbocycles. The van der Waals surface area contributed by atoms with Gasteiger partial charge in [0.15, 0.2) is 0 Å². The maximum absolute atomic E-state index is 3.72. The Morgan fingerprint density at radius 1 is 1.28 bits per heavy atom. The second-order valence-electron chi connectivity index (χ2n) is 4.54. The molecule has 0 bridgehead atoms. The van der Waals surface area contributed by atoms with Gasteiger partial charge >= 0.3 is 0 Å². The zero-order valence-corrected chi connectivity index (χ0v) is 13.4. The summed E-state index contributed by atoms with van der Waals surface area (Å²) in [4.78, 5) is 2.38. The zero-order chi connectivity index (χ0) is 14.4. The first-order valence-corrected chi connectivity index (χ1v) is 7.37. The average molecular weight is 254 g/mol. The fraction of sp³-hybridized carbons (Fsp3) is 0.750. The Morgan fingerprint density at radius 2 is 1.72 bits per heavy atom. The fourth-order valence-electron chi connectivity index (χ4n) is 1.48. The summed E-state index contributed by atoms with van der Waals surface area (Å²) in [7, 11) is 2.18. The van der Waals surface area contributed by atoms with E-state index in [4.69, 9.17) is 0 Å². The maximum atomic E-state index is 3.72. The van der Waals surface area contributed by atoms with Gasteiger partial charge in [0.2, 0.25) is 0 Å². The molecule has 1 fully saturated rings. The SMILES string of the molecule is C=C/C(C)=C\NC1CCN(C)CC1.CC.CCC. The molecule has 2 nitrogen and oxygen atoms in total. The molecule has 0 aliphatic carbocycles. The Labute approximate surface area is 115 Å². The Hall–Kier alpha value is -0.760. The summed E-state index contributed by atoms with van der Waals surface area (Å²) in [5.74, 6) is 0. The predicted octanol–water partition coefficient (Wildman–Crippen LogP) is 4.20. The van der Waals surface area contributed by atoms with Gasteiger partial charge in [-0.25, -0.2) is 0 Å². The fourth-order valence-corrected chi connectivity index (χ4v) is 1.48. The quantitative estimate of drug-likeness (QED) is 0.759. The second kappa shape index (κ2) is 14.3. The lowest BCUT2D eigenvalue weighted by atomic mass is 10.1. The van der Waals surface area contributed by atoms with Crippen LogP contribution >= 0.6 is 0 Å². The minimum absolute atomic E-state index is 0.658. The third kappa shape index (κ3) is 11.7. The first kappa shape index (κ1) is 19.6. The number of rotatable bonds is 3. The van der Waals surface area contributed by atoms with Crippen molar-refractivity contribution >= 4 is 0 Å². The number of allylic oxidation sites excluding steroid dienone is 2. The van der Waals surface area contributed by atoms with E-state index in [1.54, 1.807) is 0 Å². The molecule has 0 unspecified atom stereocenters. The molecule has 0 radical (unpaired) electrons. The largest absolute Gasteiger partial charge is 0.388 e. The van der Waals surface area contributed by atoms with Gasteiger partial charge in [-0.3, -0.25) is 0 Å². The summed E-state index contributed by atoms with van der Waals surface area (Å²) in [5, 5.41) is 3.43. The summed E-state index contributed by atoms with van der Waals surface area (Å²) in [5.41, 5.74) is 1.21. The lowest BCUT2D eigenvalue weighted by Gasteiger charge is -2.29. The molecule has 1 heterocycles. The average Bonchev–Trinajstić information content (AvgIpc) is 2.41. The molecular weight excluding hydrogens is 220 g/mol. The van der Waals surface area contributed by atoms with Crippen molar-refractivity contribution in [3.05, 3.63) is 24.4 Å². The highest BCUT2D eigenvalue weighted by Crippen LogP contribution is 2.08. The molecular formula is C16H34N2. The summed E-state index contributed by atoms with van der Waals surface area (Å²) >= 11 is 0. The first-order valence-electron chi connectivity index (χ1n) is 7.37. The van der Waals surface area contributed by atoms with E-state index in [9.17, 15) is 0 Å². The molecule has 18 heavy (non-hydrogen) atoms. The molecule has 1 aliphatic heterocycles. The van der Waals surface area contributed by atoms with Crippen LogP contribution in [0, 0.1) is 0 Å². The van der Waals surface area contributed by atoms with Crippen LogP contribution in [0.5, 0.6) is 0 Å². The number of hydrogen-bond acceptors (Lipinski definition) is 2. The lowest BCUT2D eigenvalue weighted by molar-refractivity contribution is 0.244. The number of likely N-dealkylation sites (tertiary alicyclic amines) is 1. The molecule has 0 amide bonds. The van der Waals surface area contributed by atoms with Gasteiger partial charge in [-0.05, 0) is 51.7 Å². The first-order chi connectivity index (χ1) is 8.63. The lowest BCUT2D eigenvalue weighted by Crippen LogP contribution is -2.38. The molecule has 0 spiro atoms. The molecule has 0 aromatic rings. The molecule has 1 N–H and O–H groups in total. The number of piperidine rings is 1. The van der Waals surface area contributed by atoms with E-state index in [2.05, 4.69) is 50.8 Å². The van der Waals surface area contributed by atoms with Crippen molar-refractivity contribution in [1.82, 2.24) is 10.2 Å². The standard InChI is InChI=1S/C11H20N2.C3H8.C2H6/c1-4-10(2)9-12-11-5-7-13(3)8-6-11;1-3-2;1-2/h4,9,11-12H,1,5-8H2,2-3H3;3H2,1-2H3;1-2H3/b10-9-;;.